The maximum Gasteiger partial charge on any atom is 0.327 e. The lowest BCUT2D eigenvalue weighted by Crippen LogP contribution is -1.83. The summed E-state index contributed by atoms with van der Waals surface area (Å²) in [6.07, 6.45) is 1.22. The number of carboxylic acid groups (broad SMARTS) is 1. The molecule has 0 bridgehead atoms. The zero-order valence-corrected chi connectivity index (χ0v) is 3.43. The standard InChI is InChI=1S/C4H6O2/c1-2-3-4(5)6/h2-3H,1H3,(H,5,6)/b3-2+/i3D. The van der Waals surface area contributed by atoms with Crippen molar-refractivity contribution in [1.29, 1.82) is 0 Å². The molecule has 0 aromatic carbocycles. The summed E-state index contributed by atoms with van der Waals surface area (Å²) in [6.45, 7) is 1.51. The Bertz CT molecular complexity index is 106. The molecule has 1 N–H and O–H groups in total. The zero-order valence-electron chi connectivity index (χ0n) is 4.43. The van der Waals surface area contributed by atoms with Gasteiger partial charge in [-0.25, -0.2) is 4.79 Å². The number of carbonyl (C=O) groups is 1. The monoisotopic (exact) mass is 87.0 g/mol. The van der Waals surface area contributed by atoms with Gasteiger partial charge >= 0.3 is 5.97 Å². The fourth-order valence-electron chi connectivity index (χ4n) is 0.123. The Kier molecular flexibility index (Phi) is 1.39. The highest BCUT2D eigenvalue weighted by molar-refractivity contribution is 5.79. The molecule has 0 spiro atoms. The number of allylic oxidation sites excluding steroid dienone is 1. The van der Waals surface area contributed by atoms with Crippen LogP contribution in [0.5, 0.6) is 0 Å². The largest absolute Gasteiger partial charge is 0.478 e. The smallest absolute Gasteiger partial charge is 0.327 e. The van der Waals surface area contributed by atoms with E-state index in [0.29, 0.717) is 0 Å². The van der Waals surface area contributed by atoms with E-state index in [2.05, 4.69) is 0 Å². The van der Waals surface area contributed by atoms with Crippen LogP contribution in [0.15, 0.2) is 12.1 Å². The first kappa shape index (κ1) is 3.40. The summed E-state index contributed by atoms with van der Waals surface area (Å²) in [5.74, 6) is -1.18. The van der Waals surface area contributed by atoms with Crippen LogP contribution < -0.4 is 0 Å². The highest BCUT2D eigenvalue weighted by atomic mass is 16.4. The van der Waals surface area contributed by atoms with Crippen molar-refractivity contribution in [2.75, 3.05) is 0 Å². The molecule has 6 heavy (non-hydrogen) atoms. The van der Waals surface area contributed by atoms with Crippen molar-refractivity contribution in [3.63, 3.8) is 0 Å². The second-order valence-corrected chi connectivity index (χ2v) is 0.738. The van der Waals surface area contributed by atoms with Crippen LogP contribution in [0.4, 0.5) is 0 Å². The molecule has 0 fully saturated rings. The lowest BCUT2D eigenvalue weighted by Gasteiger charge is -1.68. The van der Waals surface area contributed by atoms with Crippen LogP contribution >= 0.6 is 0 Å². The zero-order chi connectivity index (χ0) is 5.86. The number of hydrogen-bond acceptors (Lipinski definition) is 1. The summed E-state index contributed by atoms with van der Waals surface area (Å²) in [5, 5.41) is 7.93. The lowest BCUT2D eigenvalue weighted by molar-refractivity contribution is -0.131. The third-order valence-corrected chi connectivity index (χ3v) is 0.268. The van der Waals surface area contributed by atoms with Crippen LogP contribution in [0.2, 0.25) is 0 Å². The summed E-state index contributed by atoms with van der Waals surface area (Å²) in [6, 6.07) is -0.361. The SMILES string of the molecule is [2H]/C(=C\C)C(=O)O. The topological polar surface area (TPSA) is 37.3 Å². The molecule has 0 amide bonds. The molecule has 0 aliphatic heterocycles. The molecule has 34 valence electrons. The van der Waals surface area contributed by atoms with E-state index in [4.69, 9.17) is 6.48 Å². The van der Waals surface area contributed by atoms with Crippen molar-refractivity contribution >= 4 is 5.97 Å². The van der Waals surface area contributed by atoms with Crippen molar-refractivity contribution in [2.24, 2.45) is 0 Å². The van der Waals surface area contributed by atoms with E-state index >= 15 is 0 Å². The molecule has 0 aromatic rings. The molecule has 0 unspecified atom stereocenters. The predicted octanol–water partition coefficient (Wildman–Crippen LogP) is 0.647. The Morgan fingerprint density at radius 1 is 2.17 bits per heavy atom. The van der Waals surface area contributed by atoms with E-state index in [-0.39, 0.29) is 6.05 Å². The van der Waals surface area contributed by atoms with E-state index in [9.17, 15) is 4.79 Å². The van der Waals surface area contributed by atoms with Crippen LogP contribution in [0.3, 0.4) is 0 Å². The lowest BCUT2D eigenvalue weighted by atomic mass is 10.5. The van der Waals surface area contributed by atoms with Crippen molar-refractivity contribution in [1.82, 2.24) is 0 Å². The number of carboxylic acids is 1. The summed E-state index contributed by atoms with van der Waals surface area (Å²) in [4.78, 5) is 9.67. The minimum Gasteiger partial charge on any atom is -0.478 e. The second kappa shape index (κ2) is 2.45. The normalized spacial score (nSPS) is 13.5. The van der Waals surface area contributed by atoms with Gasteiger partial charge in [0.15, 0.2) is 0 Å². The Balaban J connectivity index is 3.82. The number of rotatable bonds is 1. The number of aliphatic carboxylic acids is 1. The Morgan fingerprint density at radius 2 is 2.67 bits per heavy atom. The average Bonchev–Trinajstić information content (AvgIpc) is 1.65. The first-order valence-corrected chi connectivity index (χ1v) is 1.54. The maximum atomic E-state index is 9.67. The van der Waals surface area contributed by atoms with E-state index in [1.165, 1.54) is 13.0 Å². The summed E-state index contributed by atoms with van der Waals surface area (Å²) >= 11 is 0. The molecule has 0 heterocycles. The van der Waals surface area contributed by atoms with Crippen molar-refractivity contribution in [3.05, 3.63) is 12.1 Å². The van der Waals surface area contributed by atoms with Gasteiger partial charge in [0.2, 0.25) is 0 Å². The Morgan fingerprint density at radius 3 is 2.67 bits per heavy atom. The molecule has 0 aliphatic carbocycles. The minimum absolute atomic E-state index is 0.361. The van der Waals surface area contributed by atoms with E-state index in [0.717, 1.165) is 0 Å². The first-order valence-electron chi connectivity index (χ1n) is 2.04. The van der Waals surface area contributed by atoms with E-state index in [1.54, 1.807) is 0 Å². The van der Waals surface area contributed by atoms with Crippen LogP contribution in [-0.2, 0) is 4.79 Å². The van der Waals surface area contributed by atoms with Crippen LogP contribution in [-0.4, -0.2) is 11.1 Å². The quantitative estimate of drug-likeness (QED) is 0.477. The summed E-state index contributed by atoms with van der Waals surface area (Å²) < 4.78 is 6.54. The molecule has 0 aromatic heterocycles. The summed E-state index contributed by atoms with van der Waals surface area (Å²) in [5.41, 5.74) is 0. The van der Waals surface area contributed by atoms with Gasteiger partial charge in [0.25, 0.3) is 0 Å². The van der Waals surface area contributed by atoms with Gasteiger partial charge in [0.05, 0.1) is 1.37 Å². The van der Waals surface area contributed by atoms with Crippen molar-refractivity contribution in [3.8, 4) is 0 Å². The Labute approximate surface area is 37.5 Å². The molecule has 0 saturated heterocycles. The van der Waals surface area contributed by atoms with Gasteiger partial charge in [-0.2, -0.15) is 0 Å². The van der Waals surface area contributed by atoms with Crippen molar-refractivity contribution in [2.45, 2.75) is 6.92 Å². The minimum atomic E-state index is -1.18. The molecule has 0 radical (unpaired) electrons. The van der Waals surface area contributed by atoms with E-state index in [1.807, 2.05) is 0 Å². The fourth-order valence-corrected chi connectivity index (χ4v) is 0.123. The molecular weight excluding hydrogens is 80.0 g/mol. The van der Waals surface area contributed by atoms with Gasteiger partial charge < -0.3 is 5.11 Å². The second-order valence-electron chi connectivity index (χ2n) is 0.738. The predicted molar refractivity (Wildman–Crippen MR) is 22.4 cm³/mol. The molecular formula is C4H6O2. The van der Waals surface area contributed by atoms with Gasteiger partial charge in [0.1, 0.15) is 0 Å². The molecule has 0 atom stereocenters. The van der Waals surface area contributed by atoms with Gasteiger partial charge in [0, 0.05) is 6.05 Å². The highest BCUT2D eigenvalue weighted by Crippen LogP contribution is 1.65. The van der Waals surface area contributed by atoms with Crippen molar-refractivity contribution < 1.29 is 11.3 Å². The third kappa shape index (κ3) is 3.21. The fraction of sp³-hybridized carbons (Fsp3) is 0.250. The summed E-state index contributed by atoms with van der Waals surface area (Å²) in [7, 11) is 0. The molecule has 0 rings (SSSR count). The first-order chi connectivity index (χ1) is 3.18. The van der Waals surface area contributed by atoms with Crippen LogP contribution in [0, 0.1) is 0 Å². The van der Waals surface area contributed by atoms with Gasteiger partial charge in [-0.1, -0.05) is 6.08 Å². The molecule has 0 saturated carbocycles. The molecule has 0 aliphatic rings. The average molecular weight is 87.1 g/mol. The van der Waals surface area contributed by atoms with Gasteiger partial charge in [-0.05, 0) is 6.92 Å². The number of hydrogen-bond donors (Lipinski definition) is 1. The van der Waals surface area contributed by atoms with Gasteiger partial charge in [-0.3, -0.25) is 0 Å². The third-order valence-electron chi connectivity index (χ3n) is 0.268. The van der Waals surface area contributed by atoms with Gasteiger partial charge in [-0.15, -0.1) is 0 Å². The van der Waals surface area contributed by atoms with E-state index < -0.39 is 5.97 Å². The highest BCUT2D eigenvalue weighted by Gasteiger charge is 1.76. The molecule has 2 nitrogen and oxygen atoms in total. The molecule has 2 heteroatoms. The van der Waals surface area contributed by atoms with Crippen LogP contribution in [0.25, 0.3) is 0 Å². The van der Waals surface area contributed by atoms with Crippen LogP contribution in [0.1, 0.15) is 8.29 Å². The maximum absolute atomic E-state index is 9.67. The Hall–Kier alpha value is -0.790.